The topological polar surface area (TPSA) is 86.2 Å². The molecule has 4 nitrogen and oxygen atoms in total. The lowest BCUT2D eigenvalue weighted by molar-refractivity contribution is 0.601. The highest BCUT2D eigenvalue weighted by atomic mass is 32.2. The minimum absolute atomic E-state index is 0.317. The molecule has 0 aliphatic heterocycles. The molecule has 0 unspecified atom stereocenters. The summed E-state index contributed by atoms with van der Waals surface area (Å²) in [5, 5.41) is 0. The average molecular weight is 240 g/mol. The van der Waals surface area contributed by atoms with Gasteiger partial charge in [0.15, 0.2) is 9.84 Å². The van der Waals surface area contributed by atoms with Crippen molar-refractivity contribution < 1.29 is 8.42 Å². The van der Waals surface area contributed by atoms with Gasteiger partial charge in [0, 0.05) is 12.8 Å². The molecule has 16 heavy (non-hydrogen) atoms. The fourth-order valence-electron chi connectivity index (χ4n) is 1.60. The molecule has 0 spiro atoms. The van der Waals surface area contributed by atoms with Crippen LogP contribution >= 0.6 is 0 Å². The number of sulfone groups is 1. The van der Waals surface area contributed by atoms with E-state index in [0.29, 0.717) is 17.0 Å². The van der Waals surface area contributed by atoms with Crippen molar-refractivity contribution in [3.63, 3.8) is 0 Å². The fraction of sp³-hybridized carbons (Fsp3) is 0.273. The summed E-state index contributed by atoms with van der Waals surface area (Å²) in [5.41, 5.74) is 13.2. The van der Waals surface area contributed by atoms with Gasteiger partial charge < -0.3 is 11.5 Å². The van der Waals surface area contributed by atoms with Gasteiger partial charge in [0.05, 0.1) is 4.90 Å². The van der Waals surface area contributed by atoms with Crippen molar-refractivity contribution in [3.8, 4) is 0 Å². The molecule has 0 aliphatic carbocycles. The van der Waals surface area contributed by atoms with Crippen molar-refractivity contribution in [2.75, 3.05) is 6.26 Å². The molecule has 0 aliphatic rings. The van der Waals surface area contributed by atoms with Crippen molar-refractivity contribution in [1.29, 1.82) is 0 Å². The zero-order valence-electron chi connectivity index (χ0n) is 9.40. The summed E-state index contributed by atoms with van der Waals surface area (Å²) >= 11 is 0. The molecule has 1 aromatic rings. The second-order valence-corrected chi connectivity index (χ2v) is 5.64. The maximum absolute atomic E-state index is 11.5. The van der Waals surface area contributed by atoms with E-state index in [4.69, 9.17) is 11.5 Å². The van der Waals surface area contributed by atoms with Gasteiger partial charge in [-0.05, 0) is 42.0 Å². The number of rotatable bonds is 3. The normalized spacial score (nSPS) is 12.2. The number of hydrogen-bond acceptors (Lipinski definition) is 4. The molecule has 0 atom stereocenters. The minimum Gasteiger partial charge on any atom is -0.405 e. The Balaban J connectivity index is 3.51. The lowest BCUT2D eigenvalue weighted by Crippen LogP contribution is -2.05. The first kappa shape index (κ1) is 12.7. The maximum Gasteiger partial charge on any atom is 0.175 e. The lowest BCUT2D eigenvalue weighted by atomic mass is 10.0. The lowest BCUT2D eigenvalue weighted by Gasteiger charge is -2.09. The Morgan fingerprint density at radius 2 is 2.00 bits per heavy atom. The summed E-state index contributed by atoms with van der Waals surface area (Å²) < 4.78 is 23.0. The molecule has 0 saturated heterocycles. The highest BCUT2D eigenvalue weighted by molar-refractivity contribution is 7.90. The van der Waals surface area contributed by atoms with E-state index in [1.807, 2.05) is 0 Å². The molecule has 88 valence electrons. The van der Waals surface area contributed by atoms with Crippen LogP contribution in [-0.4, -0.2) is 14.7 Å². The Bertz CT molecular complexity index is 519. The molecule has 0 fully saturated rings. The van der Waals surface area contributed by atoms with E-state index in [9.17, 15) is 8.42 Å². The summed E-state index contributed by atoms with van der Waals surface area (Å²) in [6.45, 7) is 2.11. The van der Waals surface area contributed by atoms with Crippen molar-refractivity contribution in [2.24, 2.45) is 11.5 Å². The summed E-state index contributed by atoms with van der Waals surface area (Å²) in [6, 6.07) is 3.39. The maximum atomic E-state index is 11.5. The van der Waals surface area contributed by atoms with Gasteiger partial charge in [-0.2, -0.15) is 0 Å². The molecule has 0 saturated carbocycles. The largest absolute Gasteiger partial charge is 0.405 e. The van der Waals surface area contributed by atoms with Crippen molar-refractivity contribution in [2.45, 2.75) is 18.4 Å². The van der Waals surface area contributed by atoms with Crippen molar-refractivity contribution in [3.05, 3.63) is 35.0 Å². The molecular formula is C11H16N2O2S. The monoisotopic (exact) mass is 240 g/mol. The van der Waals surface area contributed by atoms with E-state index < -0.39 is 9.84 Å². The molecular weight excluding hydrogens is 224 g/mol. The highest BCUT2D eigenvalue weighted by Gasteiger charge is 2.13. The Morgan fingerprint density at radius 3 is 2.44 bits per heavy atom. The van der Waals surface area contributed by atoms with E-state index in [1.54, 1.807) is 25.1 Å². The second kappa shape index (κ2) is 4.67. The van der Waals surface area contributed by atoms with Crippen LogP contribution in [0.25, 0.3) is 6.08 Å². The van der Waals surface area contributed by atoms with Crippen LogP contribution < -0.4 is 11.5 Å². The van der Waals surface area contributed by atoms with E-state index in [1.165, 1.54) is 12.5 Å². The van der Waals surface area contributed by atoms with Crippen molar-refractivity contribution in [1.82, 2.24) is 0 Å². The van der Waals surface area contributed by atoms with Gasteiger partial charge in [0.1, 0.15) is 0 Å². The average Bonchev–Trinajstić information content (AvgIpc) is 2.18. The quantitative estimate of drug-likeness (QED) is 0.817. The predicted molar refractivity (Wildman–Crippen MR) is 65.4 cm³/mol. The molecule has 0 bridgehead atoms. The Kier molecular flexibility index (Phi) is 3.72. The van der Waals surface area contributed by atoms with Crippen LogP contribution in [0.5, 0.6) is 0 Å². The third kappa shape index (κ3) is 2.62. The van der Waals surface area contributed by atoms with Gasteiger partial charge in [-0.15, -0.1) is 0 Å². The van der Waals surface area contributed by atoms with Crippen LogP contribution in [0.1, 0.15) is 16.7 Å². The van der Waals surface area contributed by atoms with E-state index >= 15 is 0 Å². The van der Waals surface area contributed by atoms with Gasteiger partial charge in [0.2, 0.25) is 0 Å². The summed E-state index contributed by atoms with van der Waals surface area (Å²) in [4.78, 5) is 0.317. The molecule has 4 N–H and O–H groups in total. The second-order valence-electron chi connectivity index (χ2n) is 3.65. The van der Waals surface area contributed by atoms with Crippen LogP contribution in [-0.2, 0) is 16.4 Å². The van der Waals surface area contributed by atoms with Gasteiger partial charge >= 0.3 is 0 Å². The molecule has 0 radical (unpaired) electrons. The van der Waals surface area contributed by atoms with Gasteiger partial charge in [-0.25, -0.2) is 8.42 Å². The Hall–Kier alpha value is -1.33. The Labute approximate surface area is 95.9 Å². The number of nitrogens with two attached hydrogens (primary N) is 2. The van der Waals surface area contributed by atoms with Crippen LogP contribution in [0.15, 0.2) is 23.2 Å². The van der Waals surface area contributed by atoms with E-state index in [2.05, 4.69) is 0 Å². The third-order valence-corrected chi connectivity index (χ3v) is 3.57. The van der Waals surface area contributed by atoms with Gasteiger partial charge in [0.25, 0.3) is 0 Å². The molecule has 1 aromatic carbocycles. The summed E-state index contributed by atoms with van der Waals surface area (Å²) in [5.74, 6) is 0. The van der Waals surface area contributed by atoms with Gasteiger partial charge in [-0.3, -0.25) is 0 Å². The molecule has 1 rings (SSSR count). The molecule has 5 heteroatoms. The predicted octanol–water partition coefficient (Wildman–Crippen LogP) is 0.787. The van der Waals surface area contributed by atoms with Crippen LogP contribution in [0.4, 0.5) is 0 Å². The zero-order valence-corrected chi connectivity index (χ0v) is 10.2. The highest BCUT2D eigenvalue weighted by Crippen LogP contribution is 2.21. The molecule has 0 aromatic heterocycles. The molecule has 0 heterocycles. The summed E-state index contributed by atoms with van der Waals surface area (Å²) in [6.07, 6.45) is 4.21. The first-order valence-electron chi connectivity index (χ1n) is 4.82. The first-order valence-corrected chi connectivity index (χ1v) is 6.71. The Morgan fingerprint density at radius 1 is 1.38 bits per heavy atom. The third-order valence-electron chi connectivity index (χ3n) is 2.33. The van der Waals surface area contributed by atoms with Crippen LogP contribution in [0.3, 0.4) is 0 Å². The minimum atomic E-state index is -3.21. The standard InChI is InChI=1S/C11H16N2O2S/c1-8-5-10(7-13)9(3-4-12)6-11(8)16(2,14)15/h3-6H,7,12-13H2,1-2H3/b4-3-. The number of aryl methyl sites for hydroxylation is 1. The van der Waals surface area contributed by atoms with Crippen LogP contribution in [0.2, 0.25) is 0 Å². The summed E-state index contributed by atoms with van der Waals surface area (Å²) in [7, 11) is -3.21. The van der Waals surface area contributed by atoms with Crippen LogP contribution in [0, 0.1) is 6.92 Å². The first-order chi connectivity index (χ1) is 7.40. The fourth-order valence-corrected chi connectivity index (χ4v) is 2.58. The van der Waals surface area contributed by atoms with Gasteiger partial charge in [-0.1, -0.05) is 6.07 Å². The van der Waals surface area contributed by atoms with E-state index in [0.717, 1.165) is 11.1 Å². The zero-order chi connectivity index (χ0) is 12.3. The number of hydrogen-bond donors (Lipinski definition) is 2. The molecule has 0 amide bonds. The SMILES string of the molecule is Cc1cc(CN)c(/C=C\N)cc1S(C)(=O)=O. The van der Waals surface area contributed by atoms with E-state index in [-0.39, 0.29) is 0 Å². The smallest absolute Gasteiger partial charge is 0.175 e. The number of benzene rings is 1. The van der Waals surface area contributed by atoms with Crippen molar-refractivity contribution >= 4 is 15.9 Å².